The Hall–Kier alpha value is -1.39. The van der Waals surface area contributed by atoms with Crippen LogP contribution < -0.4 is 4.74 Å². The average Bonchev–Trinajstić information content (AvgIpc) is 3.27. The number of hydrogen-bond acceptors (Lipinski definition) is 3. The molecule has 21 heavy (non-hydrogen) atoms. The van der Waals surface area contributed by atoms with Gasteiger partial charge in [-0.1, -0.05) is 29.3 Å². The molecule has 0 saturated heterocycles. The van der Waals surface area contributed by atoms with Crippen molar-refractivity contribution in [1.29, 1.82) is 0 Å². The molecule has 0 aliphatic heterocycles. The zero-order valence-electron chi connectivity index (χ0n) is 11.2. The summed E-state index contributed by atoms with van der Waals surface area (Å²) in [4.78, 5) is 7.99. The monoisotopic (exact) mass is 326 g/mol. The minimum atomic E-state index is -0.371. The summed E-state index contributed by atoms with van der Waals surface area (Å²) >= 11 is 11.8. The highest BCUT2D eigenvalue weighted by Gasteiger charge is 2.24. The quantitative estimate of drug-likeness (QED) is 0.813. The van der Waals surface area contributed by atoms with Crippen LogP contribution in [0.4, 0.5) is 4.39 Å². The number of ether oxygens (including phenoxy) is 1. The number of aromatic nitrogens is 2. The highest BCUT2D eigenvalue weighted by Crippen LogP contribution is 2.32. The van der Waals surface area contributed by atoms with Crippen LogP contribution in [0.1, 0.15) is 24.1 Å². The third-order valence-corrected chi connectivity index (χ3v) is 4.06. The first-order valence-electron chi connectivity index (χ1n) is 6.70. The van der Waals surface area contributed by atoms with Crippen molar-refractivity contribution in [3.05, 3.63) is 51.5 Å². The molecule has 1 saturated carbocycles. The van der Waals surface area contributed by atoms with Crippen molar-refractivity contribution in [2.24, 2.45) is 5.92 Å². The maximum Gasteiger partial charge on any atom is 0.317 e. The Morgan fingerprint density at radius 2 is 2.05 bits per heavy atom. The Bertz CT molecular complexity index is 662. The third-order valence-electron chi connectivity index (χ3n) is 3.33. The molecule has 0 unspecified atom stereocenters. The summed E-state index contributed by atoms with van der Waals surface area (Å²) in [6.45, 7) is 0.255. The third kappa shape index (κ3) is 3.83. The minimum Gasteiger partial charge on any atom is -0.459 e. The van der Waals surface area contributed by atoms with Gasteiger partial charge in [0.15, 0.2) is 5.82 Å². The Labute approximate surface area is 132 Å². The standard InChI is InChI=1S/C15H13Cl2FN2O/c16-11-4-3-10(5-12(11)17)8-21-15-19-7-13(18)14(20-15)6-9-1-2-9/h3-5,7,9H,1-2,6,8H2. The maximum atomic E-state index is 13.6. The fraction of sp³-hybridized carbons (Fsp3) is 0.333. The summed E-state index contributed by atoms with van der Waals surface area (Å²) in [5, 5.41) is 0.956. The van der Waals surface area contributed by atoms with E-state index in [1.807, 2.05) is 6.07 Å². The molecule has 1 aliphatic carbocycles. The van der Waals surface area contributed by atoms with Crippen molar-refractivity contribution in [2.75, 3.05) is 0 Å². The van der Waals surface area contributed by atoms with Crippen molar-refractivity contribution >= 4 is 23.2 Å². The lowest BCUT2D eigenvalue weighted by Crippen LogP contribution is -2.04. The fourth-order valence-electron chi connectivity index (χ4n) is 1.97. The molecular weight excluding hydrogens is 314 g/mol. The lowest BCUT2D eigenvalue weighted by molar-refractivity contribution is 0.277. The molecule has 0 bridgehead atoms. The predicted octanol–water partition coefficient (Wildman–Crippen LogP) is 4.45. The Morgan fingerprint density at radius 3 is 2.76 bits per heavy atom. The number of nitrogens with zero attached hydrogens (tertiary/aromatic N) is 2. The van der Waals surface area contributed by atoms with Gasteiger partial charge in [-0.05, 0) is 42.9 Å². The van der Waals surface area contributed by atoms with Crippen LogP contribution in [0.2, 0.25) is 10.0 Å². The van der Waals surface area contributed by atoms with E-state index < -0.39 is 0 Å². The van der Waals surface area contributed by atoms with Gasteiger partial charge in [-0.3, -0.25) is 0 Å². The molecule has 2 aromatic rings. The molecule has 1 aromatic carbocycles. The van der Waals surface area contributed by atoms with E-state index in [-0.39, 0.29) is 18.4 Å². The topological polar surface area (TPSA) is 35.0 Å². The Kier molecular flexibility index (Phi) is 4.27. The number of halogens is 3. The molecule has 0 spiro atoms. The van der Waals surface area contributed by atoms with Crippen LogP contribution in [0.3, 0.4) is 0 Å². The normalized spacial score (nSPS) is 14.2. The molecular formula is C15H13Cl2FN2O. The molecule has 1 aromatic heterocycles. The first-order valence-corrected chi connectivity index (χ1v) is 7.45. The van der Waals surface area contributed by atoms with Gasteiger partial charge in [-0.25, -0.2) is 9.37 Å². The smallest absolute Gasteiger partial charge is 0.317 e. The maximum absolute atomic E-state index is 13.6. The number of rotatable bonds is 5. The molecule has 3 nitrogen and oxygen atoms in total. The Balaban J connectivity index is 1.67. The van der Waals surface area contributed by atoms with Crippen LogP contribution >= 0.6 is 23.2 Å². The van der Waals surface area contributed by atoms with E-state index in [0.717, 1.165) is 24.6 Å². The largest absolute Gasteiger partial charge is 0.459 e. The van der Waals surface area contributed by atoms with Crippen molar-refractivity contribution in [3.63, 3.8) is 0 Å². The average molecular weight is 327 g/mol. The summed E-state index contributed by atoms with van der Waals surface area (Å²) in [5.74, 6) is 0.182. The first kappa shape index (κ1) is 14.5. The molecule has 0 amide bonds. The van der Waals surface area contributed by atoms with E-state index in [2.05, 4.69) is 9.97 Å². The van der Waals surface area contributed by atoms with Gasteiger partial charge in [0.25, 0.3) is 0 Å². The van der Waals surface area contributed by atoms with Gasteiger partial charge >= 0.3 is 6.01 Å². The highest BCUT2D eigenvalue weighted by molar-refractivity contribution is 6.42. The SMILES string of the molecule is Fc1cnc(OCc2ccc(Cl)c(Cl)c2)nc1CC1CC1. The van der Waals surface area contributed by atoms with Crippen molar-refractivity contribution < 1.29 is 9.13 Å². The summed E-state index contributed by atoms with van der Waals surface area (Å²) in [5.41, 5.74) is 1.28. The van der Waals surface area contributed by atoms with Crippen LogP contribution in [-0.4, -0.2) is 9.97 Å². The van der Waals surface area contributed by atoms with E-state index in [9.17, 15) is 4.39 Å². The van der Waals surface area contributed by atoms with Crippen LogP contribution in [0.5, 0.6) is 6.01 Å². The summed E-state index contributed by atoms with van der Waals surface area (Å²) in [7, 11) is 0. The van der Waals surface area contributed by atoms with Crippen LogP contribution in [-0.2, 0) is 13.0 Å². The number of hydrogen-bond donors (Lipinski definition) is 0. The van der Waals surface area contributed by atoms with Crippen molar-refractivity contribution in [2.45, 2.75) is 25.9 Å². The summed E-state index contributed by atoms with van der Waals surface area (Å²) < 4.78 is 19.1. The van der Waals surface area contributed by atoms with E-state index in [0.29, 0.717) is 28.1 Å². The molecule has 0 radical (unpaired) electrons. The molecule has 0 N–H and O–H groups in total. The Morgan fingerprint density at radius 1 is 1.24 bits per heavy atom. The van der Waals surface area contributed by atoms with Gasteiger partial charge in [-0.2, -0.15) is 4.98 Å². The van der Waals surface area contributed by atoms with Gasteiger partial charge in [-0.15, -0.1) is 0 Å². The van der Waals surface area contributed by atoms with E-state index in [4.69, 9.17) is 27.9 Å². The molecule has 1 aliphatic rings. The fourth-order valence-corrected chi connectivity index (χ4v) is 2.29. The summed E-state index contributed by atoms with van der Waals surface area (Å²) in [6, 6.07) is 5.41. The highest BCUT2D eigenvalue weighted by atomic mass is 35.5. The van der Waals surface area contributed by atoms with E-state index in [1.54, 1.807) is 12.1 Å². The molecule has 3 rings (SSSR count). The zero-order chi connectivity index (χ0) is 14.8. The predicted molar refractivity (Wildman–Crippen MR) is 79.2 cm³/mol. The van der Waals surface area contributed by atoms with Gasteiger partial charge < -0.3 is 4.74 Å². The first-order chi connectivity index (χ1) is 10.1. The lowest BCUT2D eigenvalue weighted by atomic mass is 10.2. The van der Waals surface area contributed by atoms with E-state index in [1.165, 1.54) is 0 Å². The molecule has 1 heterocycles. The van der Waals surface area contributed by atoms with Gasteiger partial charge in [0.05, 0.1) is 21.9 Å². The van der Waals surface area contributed by atoms with Gasteiger partial charge in [0.1, 0.15) is 6.61 Å². The number of benzene rings is 1. The second kappa shape index (κ2) is 6.16. The zero-order valence-corrected chi connectivity index (χ0v) is 12.7. The van der Waals surface area contributed by atoms with Crippen LogP contribution in [0.15, 0.2) is 24.4 Å². The van der Waals surface area contributed by atoms with Crippen LogP contribution in [0.25, 0.3) is 0 Å². The van der Waals surface area contributed by atoms with Gasteiger partial charge in [0, 0.05) is 0 Å². The van der Waals surface area contributed by atoms with Crippen molar-refractivity contribution in [3.8, 4) is 6.01 Å². The van der Waals surface area contributed by atoms with E-state index >= 15 is 0 Å². The molecule has 6 heteroatoms. The lowest BCUT2D eigenvalue weighted by Gasteiger charge is -2.07. The minimum absolute atomic E-state index is 0.179. The van der Waals surface area contributed by atoms with Crippen LogP contribution in [0, 0.1) is 11.7 Å². The summed E-state index contributed by atoms with van der Waals surface area (Å²) in [6.07, 6.45) is 4.10. The molecule has 110 valence electrons. The second-order valence-corrected chi connectivity index (χ2v) is 5.95. The molecule has 1 fully saturated rings. The van der Waals surface area contributed by atoms with Gasteiger partial charge in [0.2, 0.25) is 0 Å². The van der Waals surface area contributed by atoms with Crippen molar-refractivity contribution in [1.82, 2.24) is 9.97 Å². The second-order valence-electron chi connectivity index (χ2n) is 5.13. The molecule has 0 atom stereocenters.